The lowest BCUT2D eigenvalue weighted by Crippen LogP contribution is -2.41. The molecule has 3 rings (SSSR count). The molecule has 5 nitrogen and oxygen atoms in total. The van der Waals surface area contributed by atoms with Crippen molar-refractivity contribution in [3.8, 4) is 0 Å². The minimum absolute atomic E-state index is 0.0186. The van der Waals surface area contributed by atoms with Crippen LogP contribution in [0, 0.1) is 0 Å². The molecule has 2 aliphatic rings. The SMILES string of the molecule is C=C1OC(CN(N)/C=C\N)C2Cc3cc(Br)ccc3N12. The quantitative estimate of drug-likeness (QED) is 0.649. The summed E-state index contributed by atoms with van der Waals surface area (Å²) in [4.78, 5) is 2.16. The first-order valence-corrected chi connectivity index (χ1v) is 7.22. The van der Waals surface area contributed by atoms with E-state index in [1.54, 1.807) is 11.2 Å². The van der Waals surface area contributed by atoms with Crippen LogP contribution in [0.5, 0.6) is 0 Å². The van der Waals surface area contributed by atoms with Gasteiger partial charge in [0.2, 0.25) is 0 Å². The number of nitrogens with zero attached hydrogens (tertiary/aromatic N) is 2. The average molecular weight is 337 g/mol. The molecule has 0 radical (unpaired) electrons. The minimum Gasteiger partial charge on any atom is -0.472 e. The summed E-state index contributed by atoms with van der Waals surface area (Å²) in [5, 5.41) is 1.54. The first-order chi connectivity index (χ1) is 9.60. The lowest BCUT2D eigenvalue weighted by Gasteiger charge is -2.21. The van der Waals surface area contributed by atoms with Crippen LogP contribution in [0.15, 0.2) is 47.5 Å². The van der Waals surface area contributed by atoms with Gasteiger partial charge in [0.25, 0.3) is 0 Å². The summed E-state index contributed by atoms with van der Waals surface area (Å²) in [6, 6.07) is 6.52. The van der Waals surface area contributed by atoms with Crippen molar-refractivity contribution >= 4 is 21.6 Å². The fraction of sp³-hybridized carbons (Fsp3) is 0.286. The molecule has 106 valence electrons. The predicted molar refractivity (Wildman–Crippen MR) is 82.3 cm³/mol. The molecule has 1 aromatic rings. The number of hydrogen-bond donors (Lipinski definition) is 2. The van der Waals surface area contributed by atoms with Gasteiger partial charge in [-0.2, -0.15) is 0 Å². The van der Waals surface area contributed by atoms with E-state index in [2.05, 4.69) is 39.5 Å². The third-order valence-corrected chi connectivity index (χ3v) is 4.21. The largest absolute Gasteiger partial charge is 0.472 e. The first kappa shape index (κ1) is 13.3. The molecular formula is C14H17BrN4O. The fourth-order valence-corrected chi connectivity index (χ4v) is 3.32. The summed E-state index contributed by atoms with van der Waals surface area (Å²) in [7, 11) is 0. The topological polar surface area (TPSA) is 67.8 Å². The zero-order valence-corrected chi connectivity index (χ0v) is 12.6. The Morgan fingerprint density at radius 1 is 1.55 bits per heavy atom. The average Bonchev–Trinajstić information content (AvgIpc) is 2.88. The van der Waals surface area contributed by atoms with E-state index in [-0.39, 0.29) is 12.1 Å². The van der Waals surface area contributed by atoms with Gasteiger partial charge in [0.15, 0.2) is 5.88 Å². The maximum Gasteiger partial charge on any atom is 0.187 e. The van der Waals surface area contributed by atoms with Gasteiger partial charge in [-0.15, -0.1) is 0 Å². The maximum absolute atomic E-state index is 5.86. The summed E-state index contributed by atoms with van der Waals surface area (Å²) in [5.74, 6) is 6.54. The fourth-order valence-electron chi connectivity index (χ4n) is 2.91. The highest BCUT2D eigenvalue weighted by molar-refractivity contribution is 9.10. The zero-order chi connectivity index (χ0) is 14.3. The molecular weight excluding hydrogens is 320 g/mol. The molecule has 0 aromatic heterocycles. The molecule has 1 aromatic carbocycles. The molecule has 1 saturated heterocycles. The van der Waals surface area contributed by atoms with Gasteiger partial charge in [0.1, 0.15) is 6.10 Å². The number of rotatable bonds is 3. The van der Waals surface area contributed by atoms with Crippen molar-refractivity contribution in [2.45, 2.75) is 18.6 Å². The molecule has 20 heavy (non-hydrogen) atoms. The Hall–Kier alpha value is -1.66. The highest BCUT2D eigenvalue weighted by atomic mass is 79.9. The van der Waals surface area contributed by atoms with Crippen LogP contribution in [0.3, 0.4) is 0 Å². The molecule has 2 atom stereocenters. The van der Waals surface area contributed by atoms with Crippen molar-refractivity contribution in [3.63, 3.8) is 0 Å². The summed E-state index contributed by atoms with van der Waals surface area (Å²) in [6.45, 7) is 4.58. The second kappa shape index (κ2) is 5.03. The summed E-state index contributed by atoms with van der Waals surface area (Å²) >= 11 is 3.51. The standard InChI is InChI=1S/C14H17BrN4O/c1-9-19-12-3-2-11(15)6-10(12)7-13(19)14(20-9)8-18(17)5-4-16/h2-6,13-14H,1,7-8,16-17H2/b5-4-. The molecule has 0 bridgehead atoms. The van der Waals surface area contributed by atoms with Gasteiger partial charge < -0.3 is 20.4 Å². The second-order valence-electron chi connectivity index (χ2n) is 5.00. The van der Waals surface area contributed by atoms with Crippen LogP contribution >= 0.6 is 15.9 Å². The van der Waals surface area contributed by atoms with Crippen LogP contribution in [0.25, 0.3) is 0 Å². The summed E-state index contributed by atoms with van der Waals surface area (Å²) in [5.41, 5.74) is 7.82. The molecule has 6 heteroatoms. The number of halogens is 1. The monoisotopic (exact) mass is 336 g/mol. The third kappa shape index (κ3) is 2.14. The van der Waals surface area contributed by atoms with E-state index in [0.717, 1.165) is 10.9 Å². The van der Waals surface area contributed by atoms with E-state index >= 15 is 0 Å². The van der Waals surface area contributed by atoms with Crippen molar-refractivity contribution in [2.24, 2.45) is 11.6 Å². The molecule has 2 heterocycles. The van der Waals surface area contributed by atoms with E-state index < -0.39 is 0 Å². The van der Waals surface area contributed by atoms with E-state index in [9.17, 15) is 0 Å². The lowest BCUT2D eigenvalue weighted by atomic mass is 10.1. The lowest BCUT2D eigenvalue weighted by molar-refractivity contribution is 0.117. The second-order valence-corrected chi connectivity index (χ2v) is 5.92. The number of benzene rings is 1. The maximum atomic E-state index is 5.86. The van der Waals surface area contributed by atoms with Gasteiger partial charge in [-0.1, -0.05) is 15.9 Å². The third-order valence-electron chi connectivity index (χ3n) is 3.72. The molecule has 4 N–H and O–H groups in total. The molecule has 0 aliphatic carbocycles. The summed E-state index contributed by atoms with van der Waals surface area (Å²) < 4.78 is 6.95. The minimum atomic E-state index is -0.0186. The Balaban J connectivity index is 1.83. The van der Waals surface area contributed by atoms with Crippen molar-refractivity contribution in [2.75, 3.05) is 11.4 Å². The molecule has 2 unspecified atom stereocenters. The van der Waals surface area contributed by atoms with Crippen molar-refractivity contribution in [3.05, 3.63) is 53.1 Å². The molecule has 1 fully saturated rings. The van der Waals surface area contributed by atoms with Crippen LogP contribution in [-0.4, -0.2) is 23.7 Å². The van der Waals surface area contributed by atoms with Crippen LogP contribution in [-0.2, 0) is 11.2 Å². The normalized spacial score (nSPS) is 23.9. The van der Waals surface area contributed by atoms with Crippen LogP contribution in [0.4, 0.5) is 5.69 Å². The van der Waals surface area contributed by atoms with Gasteiger partial charge in [-0.3, -0.25) is 0 Å². The first-order valence-electron chi connectivity index (χ1n) is 6.43. The Labute approximate surface area is 126 Å². The van der Waals surface area contributed by atoms with Gasteiger partial charge in [-0.05, 0) is 36.8 Å². The molecule has 2 aliphatic heterocycles. The number of nitrogens with two attached hydrogens (primary N) is 2. The van der Waals surface area contributed by atoms with Crippen LogP contribution < -0.4 is 16.5 Å². The Morgan fingerprint density at radius 3 is 3.10 bits per heavy atom. The van der Waals surface area contributed by atoms with E-state index in [1.165, 1.54) is 17.5 Å². The van der Waals surface area contributed by atoms with Crippen LogP contribution in [0.1, 0.15) is 5.56 Å². The van der Waals surface area contributed by atoms with E-state index in [1.807, 2.05) is 6.07 Å². The zero-order valence-electron chi connectivity index (χ0n) is 11.0. The Bertz CT molecular complexity index is 574. The number of anilines is 1. The van der Waals surface area contributed by atoms with Gasteiger partial charge in [0.05, 0.1) is 12.6 Å². The number of ether oxygens (including phenoxy) is 1. The van der Waals surface area contributed by atoms with Crippen LogP contribution in [0.2, 0.25) is 0 Å². The molecule has 0 saturated carbocycles. The van der Waals surface area contributed by atoms with Gasteiger partial charge >= 0.3 is 0 Å². The summed E-state index contributed by atoms with van der Waals surface area (Å²) in [6.07, 6.45) is 3.96. The van der Waals surface area contributed by atoms with Crippen molar-refractivity contribution in [1.82, 2.24) is 5.01 Å². The Morgan fingerprint density at radius 2 is 2.35 bits per heavy atom. The predicted octanol–water partition coefficient (Wildman–Crippen LogP) is 1.66. The molecule has 0 spiro atoms. The smallest absolute Gasteiger partial charge is 0.187 e. The number of hydrazine groups is 1. The van der Waals surface area contributed by atoms with E-state index in [0.29, 0.717) is 12.4 Å². The van der Waals surface area contributed by atoms with Crippen molar-refractivity contribution < 1.29 is 4.74 Å². The van der Waals surface area contributed by atoms with Gasteiger partial charge in [0, 0.05) is 22.6 Å². The number of hydrogen-bond acceptors (Lipinski definition) is 5. The highest BCUT2D eigenvalue weighted by Crippen LogP contribution is 2.42. The number of fused-ring (bicyclic) bond motifs is 3. The van der Waals surface area contributed by atoms with Crippen molar-refractivity contribution in [1.29, 1.82) is 0 Å². The van der Waals surface area contributed by atoms with E-state index in [4.69, 9.17) is 16.3 Å². The molecule has 0 amide bonds. The van der Waals surface area contributed by atoms with Gasteiger partial charge in [-0.25, -0.2) is 5.84 Å². The Kier molecular flexibility index (Phi) is 3.35. The highest BCUT2D eigenvalue weighted by Gasteiger charge is 2.44.